The van der Waals surface area contributed by atoms with Crippen LogP contribution in [0.2, 0.25) is 0 Å². The molecule has 0 spiro atoms. The fourth-order valence-corrected chi connectivity index (χ4v) is 1.46. The van der Waals surface area contributed by atoms with Crippen LogP contribution in [0.25, 0.3) is 0 Å². The molecule has 7 heteroatoms. The maximum Gasteiger partial charge on any atom is 0.410 e. The fourth-order valence-electron chi connectivity index (χ4n) is 1.46. The number of likely N-dealkylation sites (tertiary alicyclic amines) is 1. The number of ether oxygens (including phenoxy) is 1. The SMILES string of the molecule is C=CCN=C(N)NC1CN(C(=O)OC(C)(C)C)C1.I. The van der Waals surface area contributed by atoms with Gasteiger partial charge in [0.2, 0.25) is 0 Å². The Morgan fingerprint density at radius 2 is 2.16 bits per heavy atom. The molecule has 6 nitrogen and oxygen atoms in total. The van der Waals surface area contributed by atoms with Gasteiger partial charge in [-0.1, -0.05) is 6.08 Å². The summed E-state index contributed by atoms with van der Waals surface area (Å²) in [5.74, 6) is 0.378. The quantitative estimate of drug-likeness (QED) is 0.334. The third kappa shape index (κ3) is 6.65. The van der Waals surface area contributed by atoms with Gasteiger partial charge in [-0.15, -0.1) is 30.6 Å². The Balaban J connectivity index is 0.00000324. The Kier molecular flexibility index (Phi) is 7.17. The first-order chi connectivity index (χ1) is 8.31. The first kappa shape index (κ1) is 18.0. The Morgan fingerprint density at radius 3 is 2.63 bits per heavy atom. The van der Waals surface area contributed by atoms with Gasteiger partial charge in [-0.25, -0.2) is 9.79 Å². The molecule has 19 heavy (non-hydrogen) atoms. The molecule has 0 unspecified atom stereocenters. The Morgan fingerprint density at radius 1 is 1.58 bits per heavy atom. The molecule has 0 bridgehead atoms. The molecule has 0 aliphatic carbocycles. The van der Waals surface area contributed by atoms with Crippen molar-refractivity contribution in [2.45, 2.75) is 32.4 Å². The molecule has 0 aromatic heterocycles. The van der Waals surface area contributed by atoms with Crippen LogP contribution in [0.15, 0.2) is 17.6 Å². The highest BCUT2D eigenvalue weighted by molar-refractivity contribution is 14.0. The number of nitrogens with two attached hydrogens (primary N) is 1. The van der Waals surface area contributed by atoms with E-state index in [9.17, 15) is 4.79 Å². The van der Waals surface area contributed by atoms with Gasteiger partial charge >= 0.3 is 6.09 Å². The summed E-state index contributed by atoms with van der Waals surface area (Å²) in [5, 5.41) is 3.03. The van der Waals surface area contributed by atoms with E-state index in [-0.39, 0.29) is 36.1 Å². The van der Waals surface area contributed by atoms with Crippen molar-refractivity contribution in [2.24, 2.45) is 10.7 Å². The maximum atomic E-state index is 11.6. The number of nitrogens with zero attached hydrogens (tertiary/aromatic N) is 2. The number of guanidine groups is 1. The van der Waals surface area contributed by atoms with Crippen molar-refractivity contribution in [3.63, 3.8) is 0 Å². The molecule has 1 saturated heterocycles. The molecule has 1 fully saturated rings. The average molecular weight is 382 g/mol. The van der Waals surface area contributed by atoms with Gasteiger partial charge in [0.05, 0.1) is 12.6 Å². The van der Waals surface area contributed by atoms with Crippen molar-refractivity contribution in [2.75, 3.05) is 19.6 Å². The molecule has 1 amide bonds. The van der Waals surface area contributed by atoms with Gasteiger partial charge in [-0.05, 0) is 20.8 Å². The molecule has 1 aliphatic heterocycles. The minimum absolute atomic E-state index is 0. The van der Waals surface area contributed by atoms with Crippen LogP contribution in [-0.4, -0.2) is 48.2 Å². The summed E-state index contributed by atoms with van der Waals surface area (Å²) in [4.78, 5) is 17.3. The van der Waals surface area contributed by atoms with Gasteiger partial charge in [0, 0.05) is 13.1 Å². The molecule has 1 rings (SSSR count). The summed E-state index contributed by atoms with van der Waals surface area (Å²) in [6, 6.07) is 0.145. The van der Waals surface area contributed by atoms with E-state index in [0.717, 1.165) is 0 Å². The molecule has 0 radical (unpaired) electrons. The second-order valence-corrected chi connectivity index (χ2v) is 5.24. The predicted molar refractivity (Wildman–Crippen MR) is 86.8 cm³/mol. The van der Waals surface area contributed by atoms with Crippen molar-refractivity contribution in [1.29, 1.82) is 0 Å². The van der Waals surface area contributed by atoms with Gasteiger partial charge in [-0.3, -0.25) is 0 Å². The molecule has 1 heterocycles. The topological polar surface area (TPSA) is 80.0 Å². The minimum Gasteiger partial charge on any atom is -0.444 e. The zero-order valence-electron chi connectivity index (χ0n) is 11.7. The highest BCUT2D eigenvalue weighted by atomic mass is 127. The number of rotatable bonds is 3. The summed E-state index contributed by atoms with van der Waals surface area (Å²) in [7, 11) is 0. The highest BCUT2D eigenvalue weighted by Gasteiger charge is 2.33. The Bertz CT molecular complexity index is 346. The third-order valence-corrected chi connectivity index (χ3v) is 2.28. The molecule has 110 valence electrons. The monoisotopic (exact) mass is 382 g/mol. The normalized spacial score (nSPS) is 16.2. The van der Waals surface area contributed by atoms with E-state index in [1.165, 1.54) is 0 Å². The highest BCUT2D eigenvalue weighted by Crippen LogP contribution is 2.14. The number of carbonyl (C=O) groups is 1. The van der Waals surface area contributed by atoms with Gasteiger partial charge in [0.15, 0.2) is 5.96 Å². The van der Waals surface area contributed by atoms with E-state index >= 15 is 0 Å². The van der Waals surface area contributed by atoms with E-state index in [1.807, 2.05) is 20.8 Å². The smallest absolute Gasteiger partial charge is 0.410 e. The zero-order chi connectivity index (χ0) is 13.8. The molecule has 0 aromatic carbocycles. The molecule has 0 atom stereocenters. The predicted octanol–water partition coefficient (Wildman–Crippen LogP) is 1.31. The molecular weight excluding hydrogens is 359 g/mol. The lowest BCUT2D eigenvalue weighted by molar-refractivity contribution is 0.00706. The third-order valence-electron chi connectivity index (χ3n) is 2.28. The first-order valence-electron chi connectivity index (χ1n) is 5.97. The summed E-state index contributed by atoms with van der Waals surface area (Å²) >= 11 is 0. The van der Waals surface area contributed by atoms with Crippen molar-refractivity contribution >= 4 is 36.0 Å². The van der Waals surface area contributed by atoms with Crippen LogP contribution in [0.3, 0.4) is 0 Å². The van der Waals surface area contributed by atoms with Crippen LogP contribution >= 0.6 is 24.0 Å². The fraction of sp³-hybridized carbons (Fsp3) is 0.667. The van der Waals surface area contributed by atoms with Crippen LogP contribution in [0.1, 0.15) is 20.8 Å². The van der Waals surface area contributed by atoms with Crippen molar-refractivity contribution in [3.8, 4) is 0 Å². The Labute approximate surface area is 131 Å². The van der Waals surface area contributed by atoms with Crippen molar-refractivity contribution < 1.29 is 9.53 Å². The largest absolute Gasteiger partial charge is 0.444 e. The number of halogens is 1. The lowest BCUT2D eigenvalue weighted by Crippen LogP contribution is -2.62. The summed E-state index contributed by atoms with van der Waals surface area (Å²) in [5.41, 5.74) is 5.19. The van der Waals surface area contributed by atoms with Crippen LogP contribution in [0.4, 0.5) is 4.79 Å². The summed E-state index contributed by atoms with van der Waals surface area (Å²) in [6.07, 6.45) is 1.38. The first-order valence-corrected chi connectivity index (χ1v) is 5.97. The Hall–Kier alpha value is -0.990. The van der Waals surface area contributed by atoms with Crippen LogP contribution in [0, 0.1) is 0 Å². The van der Waals surface area contributed by atoms with E-state index in [2.05, 4.69) is 16.9 Å². The molecular formula is C12H23IN4O2. The van der Waals surface area contributed by atoms with E-state index in [4.69, 9.17) is 10.5 Å². The summed E-state index contributed by atoms with van der Waals surface area (Å²) in [6.45, 7) is 10.8. The molecule has 1 aliphatic rings. The molecule has 3 N–H and O–H groups in total. The standard InChI is InChI=1S/C12H22N4O2.HI/c1-5-6-14-10(13)15-9-7-16(8-9)11(17)18-12(2,3)4;/h5,9H,1,6-8H2,2-4H3,(H3,13,14,15);1H. The summed E-state index contributed by atoms with van der Waals surface area (Å²) < 4.78 is 5.24. The van der Waals surface area contributed by atoms with Crippen molar-refractivity contribution in [1.82, 2.24) is 10.2 Å². The van der Waals surface area contributed by atoms with Gasteiger partial charge in [0.1, 0.15) is 5.60 Å². The van der Waals surface area contributed by atoms with Crippen LogP contribution < -0.4 is 11.1 Å². The lowest BCUT2D eigenvalue weighted by Gasteiger charge is -2.40. The minimum atomic E-state index is -0.458. The van der Waals surface area contributed by atoms with Crippen LogP contribution in [0.5, 0.6) is 0 Å². The van der Waals surface area contributed by atoms with E-state index in [1.54, 1.807) is 11.0 Å². The van der Waals surface area contributed by atoms with Gasteiger partial charge < -0.3 is 20.7 Å². The molecule has 0 aromatic rings. The zero-order valence-corrected chi connectivity index (χ0v) is 14.0. The number of hydrogen-bond donors (Lipinski definition) is 2. The van der Waals surface area contributed by atoms with E-state index < -0.39 is 5.60 Å². The second-order valence-electron chi connectivity index (χ2n) is 5.24. The second kappa shape index (κ2) is 7.56. The average Bonchev–Trinajstić information content (AvgIpc) is 2.16. The van der Waals surface area contributed by atoms with E-state index in [0.29, 0.717) is 25.6 Å². The lowest BCUT2D eigenvalue weighted by atomic mass is 10.1. The van der Waals surface area contributed by atoms with Gasteiger partial charge in [-0.2, -0.15) is 0 Å². The van der Waals surface area contributed by atoms with Crippen LogP contribution in [-0.2, 0) is 4.74 Å². The number of aliphatic imine (C=N–C) groups is 1. The van der Waals surface area contributed by atoms with Gasteiger partial charge in [0.25, 0.3) is 0 Å². The number of amides is 1. The number of carbonyl (C=O) groups excluding carboxylic acids is 1. The number of hydrogen-bond acceptors (Lipinski definition) is 3. The maximum absolute atomic E-state index is 11.6. The number of nitrogens with one attached hydrogen (secondary N) is 1. The van der Waals surface area contributed by atoms with Crippen molar-refractivity contribution in [3.05, 3.63) is 12.7 Å². The molecule has 0 saturated carbocycles.